The molecule has 0 spiro atoms. The minimum atomic E-state index is -0.578. The summed E-state index contributed by atoms with van der Waals surface area (Å²) in [4.78, 5) is 27.8. The van der Waals surface area contributed by atoms with Gasteiger partial charge < -0.3 is 15.0 Å². The number of nitrogens with one attached hydrogen (secondary N) is 1. The highest BCUT2D eigenvalue weighted by atomic mass is 19.1. The number of hydrogen-bond donors (Lipinski definition) is 1. The lowest BCUT2D eigenvalue weighted by Crippen LogP contribution is -2.52. The third-order valence-corrected chi connectivity index (χ3v) is 5.74. The van der Waals surface area contributed by atoms with Crippen molar-refractivity contribution < 1.29 is 18.7 Å². The monoisotopic (exact) mass is 426 g/mol. The highest BCUT2D eigenvalue weighted by Gasteiger charge is 2.30. The van der Waals surface area contributed by atoms with Crippen LogP contribution in [0.4, 0.5) is 4.39 Å². The third-order valence-electron chi connectivity index (χ3n) is 5.74. The topological polar surface area (TPSA) is 58.6 Å². The Hall–Kier alpha value is -2.89. The summed E-state index contributed by atoms with van der Waals surface area (Å²) in [5.41, 5.74) is 2.08. The van der Waals surface area contributed by atoms with E-state index in [1.54, 1.807) is 4.90 Å². The Bertz CT molecular complexity index is 861. The molecule has 31 heavy (non-hydrogen) atoms. The van der Waals surface area contributed by atoms with E-state index in [0.29, 0.717) is 18.7 Å². The number of halogens is 1. The molecule has 2 aromatic carbocycles. The van der Waals surface area contributed by atoms with Gasteiger partial charge in [-0.15, -0.1) is 0 Å². The van der Waals surface area contributed by atoms with Crippen LogP contribution in [0.1, 0.15) is 50.2 Å². The Morgan fingerprint density at radius 2 is 1.74 bits per heavy atom. The third kappa shape index (κ3) is 6.54. The first-order valence-electron chi connectivity index (χ1n) is 11.0. The summed E-state index contributed by atoms with van der Waals surface area (Å²) in [6.45, 7) is 4.02. The lowest BCUT2D eigenvalue weighted by atomic mass is 10.1. The molecular formula is C25H31FN2O3. The minimum absolute atomic E-state index is 0.114. The maximum absolute atomic E-state index is 13.1. The maximum atomic E-state index is 13.1. The number of hydrogen-bond acceptors (Lipinski definition) is 3. The number of carbonyl (C=O) groups is 2. The second kappa shape index (κ2) is 10.9. The van der Waals surface area contributed by atoms with E-state index < -0.39 is 6.04 Å². The molecule has 6 heteroatoms. The molecule has 1 fully saturated rings. The Morgan fingerprint density at radius 3 is 2.35 bits per heavy atom. The molecule has 2 amide bonds. The van der Waals surface area contributed by atoms with Crippen molar-refractivity contribution in [1.82, 2.24) is 10.2 Å². The van der Waals surface area contributed by atoms with Crippen molar-refractivity contribution >= 4 is 11.8 Å². The van der Waals surface area contributed by atoms with E-state index >= 15 is 0 Å². The van der Waals surface area contributed by atoms with Crippen LogP contribution >= 0.6 is 0 Å². The molecule has 0 aliphatic heterocycles. The average molecular weight is 427 g/mol. The summed E-state index contributed by atoms with van der Waals surface area (Å²) in [7, 11) is 0. The Labute approximate surface area is 183 Å². The van der Waals surface area contributed by atoms with E-state index in [4.69, 9.17) is 4.74 Å². The summed E-state index contributed by atoms with van der Waals surface area (Å²) in [6, 6.07) is 13.1. The highest BCUT2D eigenvalue weighted by molar-refractivity contribution is 5.88. The van der Waals surface area contributed by atoms with Crippen molar-refractivity contribution in [2.45, 2.75) is 64.6 Å². The van der Waals surface area contributed by atoms with Crippen LogP contribution in [-0.2, 0) is 16.1 Å². The molecule has 166 valence electrons. The average Bonchev–Trinajstić information content (AvgIpc) is 3.27. The zero-order valence-electron chi connectivity index (χ0n) is 18.3. The molecule has 0 bridgehead atoms. The van der Waals surface area contributed by atoms with Crippen molar-refractivity contribution in [3.05, 3.63) is 65.5 Å². The fraction of sp³-hybridized carbons (Fsp3) is 0.440. The quantitative estimate of drug-likeness (QED) is 0.647. The second-order valence-electron chi connectivity index (χ2n) is 8.16. The molecule has 0 aromatic heterocycles. The van der Waals surface area contributed by atoms with Crippen molar-refractivity contribution in [3.8, 4) is 5.75 Å². The number of nitrogens with zero attached hydrogens (tertiary/aromatic N) is 1. The van der Waals surface area contributed by atoms with Crippen molar-refractivity contribution in [1.29, 1.82) is 0 Å². The fourth-order valence-corrected chi connectivity index (χ4v) is 3.94. The van der Waals surface area contributed by atoms with Gasteiger partial charge in [-0.3, -0.25) is 9.59 Å². The zero-order chi connectivity index (χ0) is 22.2. The summed E-state index contributed by atoms with van der Waals surface area (Å²) in [5.74, 6) is -0.349. The molecule has 0 heterocycles. The van der Waals surface area contributed by atoms with E-state index in [-0.39, 0.29) is 30.3 Å². The number of aryl methyl sites for hydroxylation is 1. The van der Waals surface area contributed by atoms with Gasteiger partial charge in [0.15, 0.2) is 6.61 Å². The molecule has 0 radical (unpaired) electrons. The second-order valence-corrected chi connectivity index (χ2v) is 8.16. The number of benzene rings is 2. The molecule has 0 saturated heterocycles. The van der Waals surface area contributed by atoms with Crippen molar-refractivity contribution in [2.24, 2.45) is 0 Å². The van der Waals surface area contributed by atoms with Gasteiger partial charge in [0.2, 0.25) is 5.91 Å². The summed E-state index contributed by atoms with van der Waals surface area (Å²) >= 11 is 0. The van der Waals surface area contributed by atoms with E-state index in [9.17, 15) is 14.0 Å². The molecule has 1 aliphatic rings. The molecule has 5 nitrogen and oxygen atoms in total. The van der Waals surface area contributed by atoms with Gasteiger partial charge in [0.25, 0.3) is 5.91 Å². The van der Waals surface area contributed by atoms with Crippen molar-refractivity contribution in [3.63, 3.8) is 0 Å². The Morgan fingerprint density at radius 1 is 1.10 bits per heavy atom. The standard InChI is InChI=1S/C25H31FN2O3/c1-3-23(25(30)27-21-6-4-5-7-21)28(16-19-10-8-18(2)9-11-19)24(29)17-31-22-14-12-20(26)13-15-22/h8-15,21,23H,3-7,16-17H2,1-2H3,(H,27,30)/t23-/m0/s1. The molecule has 1 N–H and O–H groups in total. The summed E-state index contributed by atoms with van der Waals surface area (Å²) < 4.78 is 18.7. The molecule has 1 saturated carbocycles. The highest BCUT2D eigenvalue weighted by Crippen LogP contribution is 2.20. The number of carbonyl (C=O) groups excluding carboxylic acids is 2. The summed E-state index contributed by atoms with van der Waals surface area (Å²) in [5, 5.41) is 3.12. The van der Waals surface area contributed by atoms with Crippen LogP contribution in [0.5, 0.6) is 5.75 Å². The first kappa shape index (κ1) is 22.8. The first-order chi connectivity index (χ1) is 15.0. The molecule has 2 aromatic rings. The normalized spacial score (nSPS) is 14.8. The summed E-state index contributed by atoms with van der Waals surface area (Å²) in [6.07, 6.45) is 4.73. The fourth-order valence-electron chi connectivity index (χ4n) is 3.94. The predicted octanol–water partition coefficient (Wildman–Crippen LogP) is 4.38. The largest absolute Gasteiger partial charge is 0.484 e. The van der Waals surface area contributed by atoms with E-state index in [2.05, 4.69) is 5.32 Å². The lowest BCUT2D eigenvalue weighted by Gasteiger charge is -2.31. The number of amides is 2. The zero-order valence-corrected chi connectivity index (χ0v) is 18.3. The van der Waals surface area contributed by atoms with Gasteiger partial charge in [-0.2, -0.15) is 0 Å². The van der Waals surface area contributed by atoms with Gasteiger partial charge in [-0.1, -0.05) is 49.6 Å². The van der Waals surface area contributed by atoms with E-state index in [1.165, 1.54) is 24.3 Å². The smallest absolute Gasteiger partial charge is 0.261 e. The van der Waals surface area contributed by atoms with Gasteiger partial charge in [-0.25, -0.2) is 4.39 Å². The SMILES string of the molecule is CC[C@@H](C(=O)NC1CCCC1)N(Cc1ccc(C)cc1)C(=O)COc1ccc(F)cc1. The van der Waals surface area contributed by atoms with Gasteiger partial charge in [0.1, 0.15) is 17.6 Å². The van der Waals surface area contributed by atoms with Crippen LogP contribution < -0.4 is 10.1 Å². The van der Waals surface area contributed by atoms with Crippen LogP contribution in [0.25, 0.3) is 0 Å². The maximum Gasteiger partial charge on any atom is 0.261 e. The minimum Gasteiger partial charge on any atom is -0.484 e. The predicted molar refractivity (Wildman–Crippen MR) is 118 cm³/mol. The number of ether oxygens (including phenoxy) is 1. The first-order valence-corrected chi connectivity index (χ1v) is 11.0. The molecule has 1 aliphatic carbocycles. The number of rotatable bonds is 9. The van der Waals surface area contributed by atoms with Gasteiger partial charge in [-0.05, 0) is 56.0 Å². The Kier molecular flexibility index (Phi) is 8.04. The van der Waals surface area contributed by atoms with Crippen LogP contribution in [0, 0.1) is 12.7 Å². The van der Waals surface area contributed by atoms with E-state index in [1.807, 2.05) is 38.1 Å². The van der Waals surface area contributed by atoms with Gasteiger partial charge in [0, 0.05) is 12.6 Å². The van der Waals surface area contributed by atoms with Crippen LogP contribution in [0.2, 0.25) is 0 Å². The molecule has 1 atom stereocenters. The van der Waals surface area contributed by atoms with Crippen molar-refractivity contribution in [2.75, 3.05) is 6.61 Å². The van der Waals surface area contributed by atoms with Crippen LogP contribution in [0.3, 0.4) is 0 Å². The van der Waals surface area contributed by atoms with Crippen LogP contribution in [0.15, 0.2) is 48.5 Å². The Balaban J connectivity index is 1.74. The van der Waals surface area contributed by atoms with Gasteiger partial charge >= 0.3 is 0 Å². The van der Waals surface area contributed by atoms with Crippen LogP contribution in [-0.4, -0.2) is 35.4 Å². The van der Waals surface area contributed by atoms with Gasteiger partial charge in [0.05, 0.1) is 0 Å². The molecule has 3 rings (SSSR count). The molecule has 0 unspecified atom stereocenters. The lowest BCUT2D eigenvalue weighted by molar-refractivity contribution is -0.143. The van der Waals surface area contributed by atoms with E-state index in [0.717, 1.165) is 36.8 Å². The molecular weight excluding hydrogens is 395 g/mol.